The molecule has 4 rings (SSSR count). The van der Waals surface area contributed by atoms with Crippen molar-refractivity contribution in [3.8, 4) is 22.6 Å². The fourth-order valence-electron chi connectivity index (χ4n) is 2.96. The van der Waals surface area contributed by atoms with E-state index in [0.717, 1.165) is 28.2 Å². The van der Waals surface area contributed by atoms with Crippen LogP contribution in [0.3, 0.4) is 0 Å². The molecule has 0 saturated carbocycles. The Labute approximate surface area is 147 Å². The quantitative estimate of drug-likeness (QED) is 0.615. The van der Waals surface area contributed by atoms with Crippen LogP contribution in [0.5, 0.6) is 11.5 Å². The van der Waals surface area contributed by atoms with Gasteiger partial charge in [0.2, 0.25) is 0 Å². The lowest BCUT2D eigenvalue weighted by molar-refractivity contribution is 0.190. The van der Waals surface area contributed by atoms with Crippen molar-refractivity contribution >= 4 is 0 Å². The van der Waals surface area contributed by atoms with Crippen molar-refractivity contribution in [2.24, 2.45) is 0 Å². The van der Waals surface area contributed by atoms with E-state index in [1.807, 2.05) is 60.7 Å². The van der Waals surface area contributed by atoms with Crippen molar-refractivity contribution in [3.63, 3.8) is 0 Å². The molecule has 126 valence electrons. The highest BCUT2D eigenvalue weighted by atomic mass is 16.6. The minimum absolute atomic E-state index is 0.351. The molecule has 3 heteroatoms. The minimum Gasteiger partial charge on any atom is -0.497 e. The van der Waals surface area contributed by atoms with E-state index in [9.17, 15) is 0 Å². The number of epoxide rings is 1. The van der Waals surface area contributed by atoms with Gasteiger partial charge in [-0.15, -0.1) is 0 Å². The van der Waals surface area contributed by atoms with Crippen molar-refractivity contribution in [1.29, 1.82) is 0 Å². The maximum absolute atomic E-state index is 6.17. The average Bonchev–Trinajstić information content (AvgIpc) is 3.49. The van der Waals surface area contributed by atoms with Gasteiger partial charge in [-0.2, -0.15) is 0 Å². The summed E-state index contributed by atoms with van der Waals surface area (Å²) in [6.07, 6.45) is 0. The van der Waals surface area contributed by atoms with Crippen LogP contribution in [0, 0.1) is 0 Å². The molecule has 1 aliphatic rings. The van der Waals surface area contributed by atoms with Gasteiger partial charge in [0.15, 0.2) is 5.60 Å². The van der Waals surface area contributed by atoms with Crippen LogP contribution in [0.1, 0.15) is 5.56 Å². The van der Waals surface area contributed by atoms with Crippen LogP contribution in [-0.4, -0.2) is 20.3 Å². The Bertz CT molecular complexity index is 837. The largest absolute Gasteiger partial charge is 0.497 e. The first-order valence-electron chi connectivity index (χ1n) is 8.36. The van der Waals surface area contributed by atoms with Gasteiger partial charge in [0.1, 0.15) is 18.1 Å². The van der Waals surface area contributed by atoms with Gasteiger partial charge >= 0.3 is 0 Å². The number of hydrogen-bond acceptors (Lipinski definition) is 3. The van der Waals surface area contributed by atoms with Gasteiger partial charge in [-0.25, -0.2) is 0 Å². The zero-order chi connectivity index (χ0) is 17.1. The van der Waals surface area contributed by atoms with Gasteiger partial charge in [-0.1, -0.05) is 60.7 Å². The Morgan fingerprint density at radius 2 is 1.56 bits per heavy atom. The van der Waals surface area contributed by atoms with E-state index in [-0.39, 0.29) is 5.60 Å². The summed E-state index contributed by atoms with van der Waals surface area (Å²) in [5.41, 5.74) is 3.00. The zero-order valence-corrected chi connectivity index (χ0v) is 14.1. The Morgan fingerprint density at radius 1 is 0.880 bits per heavy atom. The number of rotatable bonds is 6. The van der Waals surface area contributed by atoms with Crippen molar-refractivity contribution in [3.05, 3.63) is 84.4 Å². The van der Waals surface area contributed by atoms with E-state index in [4.69, 9.17) is 14.2 Å². The number of hydrogen-bond donors (Lipinski definition) is 0. The molecule has 1 aliphatic heterocycles. The van der Waals surface area contributed by atoms with Crippen LogP contribution in [0.2, 0.25) is 0 Å². The molecule has 0 bridgehead atoms. The summed E-state index contributed by atoms with van der Waals surface area (Å²) in [7, 11) is 1.67. The van der Waals surface area contributed by atoms with Crippen LogP contribution < -0.4 is 9.47 Å². The lowest BCUT2D eigenvalue weighted by Gasteiger charge is -2.16. The van der Waals surface area contributed by atoms with Crippen LogP contribution in [0.4, 0.5) is 0 Å². The Balaban J connectivity index is 1.54. The Hall–Kier alpha value is -2.78. The average molecular weight is 332 g/mol. The molecular weight excluding hydrogens is 312 g/mol. The highest BCUT2D eigenvalue weighted by molar-refractivity contribution is 5.70. The predicted molar refractivity (Wildman–Crippen MR) is 98.0 cm³/mol. The molecule has 0 N–H and O–H groups in total. The third-order valence-electron chi connectivity index (χ3n) is 4.54. The normalized spacial score (nSPS) is 18.6. The summed E-state index contributed by atoms with van der Waals surface area (Å²) in [6, 6.07) is 26.4. The third kappa shape index (κ3) is 3.24. The van der Waals surface area contributed by atoms with Gasteiger partial charge in [-0.05, 0) is 29.3 Å². The molecule has 0 spiro atoms. The van der Waals surface area contributed by atoms with Crippen LogP contribution in [0.15, 0.2) is 78.9 Å². The second-order valence-electron chi connectivity index (χ2n) is 6.16. The fraction of sp³-hybridized carbons (Fsp3) is 0.182. The number of methoxy groups -OCH3 is 1. The maximum atomic E-state index is 6.17. The predicted octanol–water partition coefficient (Wildman–Crippen LogP) is 4.67. The van der Waals surface area contributed by atoms with Crippen molar-refractivity contribution in [2.45, 2.75) is 5.60 Å². The summed E-state index contributed by atoms with van der Waals surface area (Å²) in [5, 5.41) is 0. The molecule has 0 aromatic heterocycles. The topological polar surface area (TPSA) is 31.0 Å². The monoisotopic (exact) mass is 332 g/mol. The highest BCUT2D eigenvalue weighted by Gasteiger charge is 2.47. The molecule has 0 amide bonds. The summed E-state index contributed by atoms with van der Waals surface area (Å²) in [4.78, 5) is 0. The van der Waals surface area contributed by atoms with Crippen LogP contribution >= 0.6 is 0 Å². The number of ether oxygens (including phenoxy) is 3. The summed E-state index contributed by atoms with van der Waals surface area (Å²) in [6.45, 7) is 1.16. The van der Waals surface area contributed by atoms with Gasteiger partial charge in [0, 0.05) is 5.56 Å². The lowest BCUT2D eigenvalue weighted by Crippen LogP contribution is -2.19. The SMILES string of the molecule is COc1ccc(C2(COc3ccccc3-c3ccccc3)CO2)cc1. The molecule has 0 radical (unpaired) electrons. The molecule has 3 nitrogen and oxygen atoms in total. The van der Waals surface area contributed by atoms with Gasteiger partial charge < -0.3 is 14.2 Å². The molecule has 3 aromatic rings. The Kier molecular flexibility index (Phi) is 4.16. The molecular formula is C22H20O3. The summed E-state index contributed by atoms with van der Waals surface area (Å²) < 4.78 is 17.2. The van der Waals surface area contributed by atoms with Crippen molar-refractivity contribution in [1.82, 2.24) is 0 Å². The molecule has 1 fully saturated rings. The number of para-hydroxylation sites is 1. The van der Waals surface area contributed by atoms with Crippen molar-refractivity contribution < 1.29 is 14.2 Å². The molecule has 1 unspecified atom stereocenters. The van der Waals surface area contributed by atoms with Gasteiger partial charge in [0.05, 0.1) is 13.7 Å². The van der Waals surface area contributed by atoms with Crippen LogP contribution in [-0.2, 0) is 10.3 Å². The summed E-state index contributed by atoms with van der Waals surface area (Å²) in [5.74, 6) is 1.71. The van der Waals surface area contributed by atoms with E-state index in [1.165, 1.54) is 0 Å². The first-order chi connectivity index (χ1) is 12.3. The first kappa shape index (κ1) is 15.7. The first-order valence-corrected chi connectivity index (χ1v) is 8.36. The third-order valence-corrected chi connectivity index (χ3v) is 4.54. The van der Waals surface area contributed by atoms with E-state index in [2.05, 4.69) is 18.2 Å². The van der Waals surface area contributed by atoms with Gasteiger partial charge in [0.25, 0.3) is 0 Å². The molecule has 0 aliphatic carbocycles. The smallest absolute Gasteiger partial charge is 0.150 e. The highest BCUT2D eigenvalue weighted by Crippen LogP contribution is 2.40. The molecule has 3 aromatic carbocycles. The molecule has 1 heterocycles. The second kappa shape index (κ2) is 6.61. The minimum atomic E-state index is -0.351. The van der Waals surface area contributed by atoms with E-state index < -0.39 is 0 Å². The number of benzene rings is 3. The van der Waals surface area contributed by atoms with Crippen LogP contribution in [0.25, 0.3) is 11.1 Å². The Morgan fingerprint density at radius 3 is 2.24 bits per heavy atom. The molecule has 25 heavy (non-hydrogen) atoms. The summed E-state index contributed by atoms with van der Waals surface area (Å²) >= 11 is 0. The molecule has 1 atom stereocenters. The fourth-order valence-corrected chi connectivity index (χ4v) is 2.96. The van der Waals surface area contributed by atoms with E-state index >= 15 is 0 Å². The van der Waals surface area contributed by atoms with Crippen molar-refractivity contribution in [2.75, 3.05) is 20.3 Å². The van der Waals surface area contributed by atoms with E-state index in [0.29, 0.717) is 13.2 Å². The molecule has 1 saturated heterocycles. The standard InChI is InChI=1S/C22H20O3/c1-23-19-13-11-18(12-14-19)22(16-25-22)15-24-21-10-6-5-9-20(21)17-7-3-2-4-8-17/h2-14H,15-16H2,1H3. The second-order valence-corrected chi connectivity index (χ2v) is 6.16. The maximum Gasteiger partial charge on any atom is 0.150 e. The zero-order valence-electron chi connectivity index (χ0n) is 14.1. The van der Waals surface area contributed by atoms with E-state index in [1.54, 1.807) is 7.11 Å². The van der Waals surface area contributed by atoms with Gasteiger partial charge in [-0.3, -0.25) is 0 Å². The lowest BCUT2D eigenvalue weighted by atomic mass is 10.0.